The molecule has 0 spiro atoms. The highest BCUT2D eigenvalue weighted by Crippen LogP contribution is 2.32. The molecule has 3 aromatic carbocycles. The van der Waals surface area contributed by atoms with Crippen LogP contribution in [-0.2, 0) is 9.53 Å². The number of amides is 2. The summed E-state index contributed by atoms with van der Waals surface area (Å²) in [4.78, 5) is 43.9. The van der Waals surface area contributed by atoms with Gasteiger partial charge in [-0.05, 0) is 78.4 Å². The number of likely N-dealkylation sites (tertiary alicyclic amines) is 1. The zero-order valence-electron chi connectivity index (χ0n) is 29.0. The van der Waals surface area contributed by atoms with Crippen LogP contribution in [-0.4, -0.2) is 63.6 Å². The maximum Gasteiger partial charge on any atom is 0.407 e. The Hall–Kier alpha value is -4.96. The lowest BCUT2D eigenvalue weighted by molar-refractivity contribution is -0.124. The highest BCUT2D eigenvalue weighted by atomic mass is 16.5. The van der Waals surface area contributed by atoms with Crippen molar-refractivity contribution in [1.29, 1.82) is 0 Å². The number of aromatic amines is 2. The molecule has 2 amide bonds. The number of methoxy groups -OCH3 is 1. The Morgan fingerprint density at radius 2 is 1.55 bits per heavy atom. The highest BCUT2D eigenvalue weighted by Gasteiger charge is 2.28. The quantitative estimate of drug-likeness (QED) is 0.108. The Balaban J connectivity index is 1.16. The molecule has 0 saturated carbocycles. The van der Waals surface area contributed by atoms with Crippen molar-refractivity contribution in [1.82, 2.24) is 35.5 Å². The maximum absolute atomic E-state index is 13.2. The lowest BCUT2D eigenvalue weighted by atomic mass is 9.98. The van der Waals surface area contributed by atoms with Crippen molar-refractivity contribution in [2.24, 2.45) is 5.92 Å². The molecule has 3 atom stereocenters. The molecule has 6 rings (SSSR count). The number of hydrogen-bond acceptors (Lipinski definition) is 6. The third kappa shape index (κ3) is 7.70. The van der Waals surface area contributed by atoms with E-state index in [1.165, 1.54) is 13.5 Å². The Kier molecular flexibility index (Phi) is 10.4. The molecule has 1 aliphatic heterocycles. The number of unbranched alkanes of at least 4 members (excludes halogenated alkanes) is 1. The number of alkyl carbamates (subject to hydrolysis) is 1. The van der Waals surface area contributed by atoms with Gasteiger partial charge in [0.1, 0.15) is 17.7 Å². The van der Waals surface area contributed by atoms with Crippen molar-refractivity contribution >= 4 is 22.8 Å². The van der Waals surface area contributed by atoms with Crippen molar-refractivity contribution in [2.45, 2.75) is 71.0 Å². The lowest BCUT2D eigenvalue weighted by Crippen LogP contribution is -2.50. The van der Waals surface area contributed by atoms with Gasteiger partial charge in [-0.2, -0.15) is 0 Å². The normalized spacial score (nSPS) is 16.2. The zero-order chi connectivity index (χ0) is 34.5. The predicted molar refractivity (Wildman–Crippen MR) is 194 cm³/mol. The van der Waals surface area contributed by atoms with Crippen LogP contribution in [0.2, 0.25) is 0 Å². The largest absolute Gasteiger partial charge is 0.453 e. The molecule has 1 aliphatic rings. The smallest absolute Gasteiger partial charge is 0.407 e. The van der Waals surface area contributed by atoms with E-state index in [0.29, 0.717) is 11.9 Å². The van der Waals surface area contributed by atoms with E-state index < -0.39 is 12.1 Å². The first kappa shape index (κ1) is 33.9. The van der Waals surface area contributed by atoms with E-state index in [1.807, 2.05) is 26.2 Å². The number of nitrogens with one attached hydrogen (secondary N) is 4. The summed E-state index contributed by atoms with van der Waals surface area (Å²) in [5, 5.41) is 8.04. The fourth-order valence-corrected chi connectivity index (χ4v) is 6.67. The number of carbonyl (C=O) groups is 2. The summed E-state index contributed by atoms with van der Waals surface area (Å²) in [6.07, 6.45) is 8.11. The van der Waals surface area contributed by atoms with Crippen molar-refractivity contribution in [3.05, 3.63) is 84.7 Å². The minimum Gasteiger partial charge on any atom is -0.453 e. The van der Waals surface area contributed by atoms with E-state index in [9.17, 15) is 9.59 Å². The van der Waals surface area contributed by atoms with E-state index in [-0.39, 0.29) is 17.9 Å². The number of benzene rings is 3. The van der Waals surface area contributed by atoms with Gasteiger partial charge in [0.25, 0.3) is 0 Å². The number of fused-ring (bicyclic) bond motifs is 1. The molecule has 0 bridgehead atoms. The fourth-order valence-electron chi connectivity index (χ4n) is 6.67. The molecule has 0 aliphatic carbocycles. The Bertz CT molecular complexity index is 1890. The molecular weight excluding hydrogens is 614 g/mol. The summed E-state index contributed by atoms with van der Waals surface area (Å²) in [6, 6.07) is 20.9. The van der Waals surface area contributed by atoms with Crippen LogP contribution in [0, 0.1) is 5.92 Å². The van der Waals surface area contributed by atoms with E-state index in [4.69, 9.17) is 4.74 Å². The second-order valence-electron chi connectivity index (χ2n) is 13.4. The second kappa shape index (κ2) is 15.1. The summed E-state index contributed by atoms with van der Waals surface area (Å²) in [5.74, 6) is 1.36. The van der Waals surface area contributed by atoms with Gasteiger partial charge in [-0.15, -0.1) is 0 Å². The van der Waals surface area contributed by atoms with Gasteiger partial charge in [0.2, 0.25) is 5.91 Å². The van der Waals surface area contributed by atoms with Gasteiger partial charge in [-0.25, -0.2) is 14.8 Å². The second-order valence-corrected chi connectivity index (χ2v) is 13.4. The molecule has 5 aromatic rings. The molecule has 4 N–H and O–H groups in total. The molecule has 1 saturated heterocycles. The van der Waals surface area contributed by atoms with Crippen LogP contribution >= 0.6 is 0 Å². The minimum absolute atomic E-state index is 0.116. The number of rotatable bonds is 12. The fraction of sp³-hybridized carbons (Fsp3) is 0.385. The molecule has 10 nitrogen and oxygen atoms in total. The number of imidazole rings is 2. The Morgan fingerprint density at radius 1 is 0.898 bits per heavy atom. The summed E-state index contributed by atoms with van der Waals surface area (Å²) in [6.45, 7) is 7.01. The highest BCUT2D eigenvalue weighted by molar-refractivity contribution is 5.90. The minimum atomic E-state index is -0.720. The number of ether oxygens (including phenoxy) is 1. The number of nitrogens with zero attached hydrogens (tertiary/aromatic N) is 3. The topological polar surface area (TPSA) is 128 Å². The van der Waals surface area contributed by atoms with Crippen LogP contribution in [0.25, 0.3) is 44.4 Å². The average Bonchev–Trinajstić information content (AvgIpc) is 3.90. The average molecular weight is 662 g/mol. The van der Waals surface area contributed by atoms with Crippen molar-refractivity contribution in [3.8, 4) is 33.6 Å². The summed E-state index contributed by atoms with van der Waals surface area (Å²) in [5.41, 5.74) is 6.38. The molecule has 1 fully saturated rings. The SMILES string of the molecule is CCCC[C@H](NC(=O)[C@@H](NC(=O)OC)C(C)C)c1ncc(-c2ccc3cc(-c4ccc(-c5cnc([C@@H]6CCCN6C)[nH]5)cc4)ccc3c2)[nH]1. The third-order valence-electron chi connectivity index (χ3n) is 9.61. The first-order valence-corrected chi connectivity index (χ1v) is 17.3. The van der Waals surface area contributed by atoms with Gasteiger partial charge in [0.15, 0.2) is 0 Å². The predicted octanol–water partition coefficient (Wildman–Crippen LogP) is 7.78. The molecule has 256 valence electrons. The standard InChI is InChI=1S/C39H47N7O3/c1-6-7-9-31(44-38(47)35(24(2)3)45-39(48)49-5)36-40-23-33(42-36)30-18-17-28-20-27(15-16-29(28)21-30)25-11-13-26(14-12-25)32-22-41-37(43-32)34-10-8-19-46(34)4/h11-18,20-24,31,34-35H,6-10,19H2,1-5H3,(H,40,42)(H,41,43)(H,44,47)(H,45,48)/t31-,34-,35-/m0/s1. The molecule has 49 heavy (non-hydrogen) atoms. The Morgan fingerprint density at radius 3 is 2.22 bits per heavy atom. The molecule has 0 unspecified atom stereocenters. The summed E-state index contributed by atoms with van der Waals surface area (Å²) < 4.78 is 4.73. The molecule has 2 aromatic heterocycles. The van der Waals surface area contributed by atoms with Gasteiger partial charge in [-0.3, -0.25) is 9.69 Å². The monoisotopic (exact) mass is 661 g/mol. The van der Waals surface area contributed by atoms with E-state index in [2.05, 4.69) is 110 Å². The van der Waals surface area contributed by atoms with Gasteiger partial charge in [-0.1, -0.05) is 82.1 Å². The third-order valence-corrected chi connectivity index (χ3v) is 9.61. The Labute approximate surface area is 288 Å². The number of carbonyl (C=O) groups excluding carboxylic acids is 2. The summed E-state index contributed by atoms with van der Waals surface area (Å²) in [7, 11) is 3.45. The zero-order valence-corrected chi connectivity index (χ0v) is 29.0. The van der Waals surface area contributed by atoms with Crippen LogP contribution in [0.1, 0.15) is 76.6 Å². The lowest BCUT2D eigenvalue weighted by Gasteiger charge is -2.24. The molecule has 10 heteroatoms. The number of aromatic nitrogens is 4. The van der Waals surface area contributed by atoms with E-state index in [1.54, 1.807) is 0 Å². The molecule has 0 radical (unpaired) electrons. The first-order valence-electron chi connectivity index (χ1n) is 17.3. The van der Waals surface area contributed by atoms with Crippen LogP contribution in [0.4, 0.5) is 4.79 Å². The van der Waals surface area contributed by atoms with Crippen LogP contribution in [0.15, 0.2) is 73.1 Å². The van der Waals surface area contributed by atoms with Crippen LogP contribution < -0.4 is 10.6 Å². The van der Waals surface area contributed by atoms with Crippen molar-refractivity contribution in [2.75, 3.05) is 20.7 Å². The summed E-state index contributed by atoms with van der Waals surface area (Å²) >= 11 is 0. The van der Waals surface area contributed by atoms with Crippen LogP contribution in [0.5, 0.6) is 0 Å². The van der Waals surface area contributed by atoms with Gasteiger partial charge >= 0.3 is 6.09 Å². The van der Waals surface area contributed by atoms with E-state index >= 15 is 0 Å². The molecular formula is C39H47N7O3. The van der Waals surface area contributed by atoms with Gasteiger partial charge in [0.05, 0.1) is 43.0 Å². The van der Waals surface area contributed by atoms with Crippen LogP contribution in [0.3, 0.4) is 0 Å². The molecule has 3 heterocycles. The number of H-pyrrole nitrogens is 2. The number of hydrogen-bond donors (Lipinski definition) is 4. The maximum atomic E-state index is 13.2. The van der Waals surface area contributed by atoms with E-state index in [0.717, 1.165) is 82.5 Å². The van der Waals surface area contributed by atoms with Gasteiger partial charge in [0, 0.05) is 5.56 Å². The first-order chi connectivity index (χ1) is 23.7. The van der Waals surface area contributed by atoms with Crippen molar-refractivity contribution in [3.63, 3.8) is 0 Å². The van der Waals surface area contributed by atoms with Crippen molar-refractivity contribution < 1.29 is 14.3 Å². The van der Waals surface area contributed by atoms with Gasteiger partial charge < -0.3 is 25.3 Å².